The van der Waals surface area contributed by atoms with Crippen molar-refractivity contribution in [3.8, 4) is 0 Å². The van der Waals surface area contributed by atoms with Crippen LogP contribution in [-0.2, 0) is 4.79 Å². The fraction of sp³-hybridized carbons (Fsp3) is 0.684. The fourth-order valence-electron chi connectivity index (χ4n) is 4.79. The van der Waals surface area contributed by atoms with Gasteiger partial charge in [-0.25, -0.2) is 9.97 Å². The molecular weight excluding hydrogens is 332 g/mol. The lowest BCUT2D eigenvalue weighted by Gasteiger charge is -2.29. The van der Waals surface area contributed by atoms with Gasteiger partial charge in [-0.05, 0) is 44.4 Å². The van der Waals surface area contributed by atoms with Crippen LogP contribution in [0.2, 0.25) is 0 Å². The number of rotatable bonds is 5. The van der Waals surface area contributed by atoms with Gasteiger partial charge in [0.05, 0.1) is 11.7 Å². The van der Waals surface area contributed by atoms with E-state index < -0.39 is 0 Å². The van der Waals surface area contributed by atoms with Crippen LogP contribution < -0.4 is 5.32 Å². The Kier molecular flexibility index (Phi) is 4.65. The van der Waals surface area contributed by atoms with Crippen LogP contribution in [-0.4, -0.2) is 56.5 Å². The summed E-state index contributed by atoms with van der Waals surface area (Å²) in [6, 6.07) is 0. The molecule has 2 heterocycles. The Morgan fingerprint density at radius 1 is 1.23 bits per heavy atom. The number of nitrogens with zero attached hydrogens (tertiary/aromatic N) is 3. The molecule has 1 aliphatic heterocycles. The molecule has 2 N–H and O–H groups in total. The Morgan fingerprint density at radius 3 is 2.65 bits per heavy atom. The first-order valence-corrected chi connectivity index (χ1v) is 9.60. The molecule has 7 nitrogen and oxygen atoms in total. The quantitative estimate of drug-likeness (QED) is 0.823. The molecular formula is C19H26N4O3. The second-order valence-electron chi connectivity index (χ2n) is 8.01. The van der Waals surface area contributed by atoms with Crippen molar-refractivity contribution in [1.29, 1.82) is 0 Å². The van der Waals surface area contributed by atoms with Gasteiger partial charge in [0.15, 0.2) is 0 Å². The molecule has 140 valence electrons. The molecule has 4 rings (SSSR count). The molecule has 0 aromatic carbocycles. The highest BCUT2D eigenvalue weighted by molar-refractivity contribution is 5.93. The molecule has 1 aromatic heterocycles. The molecule has 1 spiro atoms. The third kappa shape index (κ3) is 3.32. The molecule has 26 heavy (non-hydrogen) atoms. The molecule has 3 atom stereocenters. The van der Waals surface area contributed by atoms with Crippen molar-refractivity contribution in [3.05, 3.63) is 24.3 Å². The molecule has 3 unspecified atom stereocenters. The van der Waals surface area contributed by atoms with E-state index in [-0.39, 0.29) is 23.5 Å². The van der Waals surface area contributed by atoms with Gasteiger partial charge in [-0.2, -0.15) is 0 Å². The van der Waals surface area contributed by atoms with Crippen LogP contribution in [0.3, 0.4) is 0 Å². The molecule has 3 fully saturated rings. The van der Waals surface area contributed by atoms with E-state index in [1.165, 1.54) is 18.7 Å². The summed E-state index contributed by atoms with van der Waals surface area (Å²) in [7, 11) is 0. The van der Waals surface area contributed by atoms with Gasteiger partial charge in [-0.15, -0.1) is 0 Å². The van der Waals surface area contributed by atoms with Crippen LogP contribution in [0, 0.1) is 11.8 Å². The molecule has 0 radical (unpaired) electrons. The van der Waals surface area contributed by atoms with Crippen molar-refractivity contribution < 1.29 is 14.7 Å². The van der Waals surface area contributed by atoms with E-state index in [1.54, 1.807) is 0 Å². The number of carbonyl (C=O) groups is 2. The van der Waals surface area contributed by atoms with Gasteiger partial charge < -0.3 is 15.3 Å². The number of hydrogen-bond acceptors (Lipinski definition) is 5. The first-order chi connectivity index (χ1) is 12.6. The van der Waals surface area contributed by atoms with Gasteiger partial charge in [-0.3, -0.25) is 9.59 Å². The predicted molar refractivity (Wildman–Crippen MR) is 94.1 cm³/mol. The van der Waals surface area contributed by atoms with E-state index in [9.17, 15) is 14.7 Å². The number of likely N-dealkylation sites (tertiary alicyclic amines) is 1. The lowest BCUT2D eigenvalue weighted by atomic mass is 9.97. The van der Waals surface area contributed by atoms with Gasteiger partial charge in [-0.1, -0.05) is 0 Å². The predicted octanol–water partition coefficient (Wildman–Crippen LogP) is 1.14. The SMILES string of the molecule is O=C(NCC1CCN(C(=O)CC2CCC(O)C2)C12CC2)c1cncnc1. The van der Waals surface area contributed by atoms with Gasteiger partial charge in [0.2, 0.25) is 5.91 Å². The van der Waals surface area contributed by atoms with E-state index in [1.807, 2.05) is 0 Å². The smallest absolute Gasteiger partial charge is 0.254 e. The number of hydrogen-bond donors (Lipinski definition) is 2. The van der Waals surface area contributed by atoms with Crippen LogP contribution >= 0.6 is 0 Å². The van der Waals surface area contributed by atoms with Crippen molar-refractivity contribution in [2.24, 2.45) is 11.8 Å². The maximum atomic E-state index is 12.8. The third-order valence-electron chi connectivity index (χ3n) is 6.37. The zero-order valence-corrected chi connectivity index (χ0v) is 14.9. The standard InChI is InChI=1S/C19H26N4O3/c24-16-2-1-13(7-16)8-17(25)23-6-3-15(19(23)4-5-19)11-22-18(26)14-9-20-12-21-10-14/h9-10,12-13,15-16,24H,1-8,11H2,(H,22,26). The minimum absolute atomic E-state index is 0.0469. The van der Waals surface area contributed by atoms with Crippen molar-refractivity contribution in [1.82, 2.24) is 20.2 Å². The summed E-state index contributed by atoms with van der Waals surface area (Å²) in [6.07, 6.45) is 10.3. The molecule has 7 heteroatoms. The summed E-state index contributed by atoms with van der Waals surface area (Å²) in [5, 5.41) is 12.7. The Morgan fingerprint density at radius 2 is 2.00 bits per heavy atom. The first-order valence-electron chi connectivity index (χ1n) is 9.60. The summed E-state index contributed by atoms with van der Waals surface area (Å²) in [5.41, 5.74) is 0.414. The summed E-state index contributed by atoms with van der Waals surface area (Å²) >= 11 is 0. The maximum Gasteiger partial charge on any atom is 0.254 e. The minimum Gasteiger partial charge on any atom is -0.393 e. The molecule has 2 aliphatic carbocycles. The van der Waals surface area contributed by atoms with Crippen LogP contribution in [0.1, 0.15) is 55.3 Å². The summed E-state index contributed by atoms with van der Waals surface area (Å²) in [6.45, 7) is 1.36. The highest BCUT2D eigenvalue weighted by Gasteiger charge is 2.58. The topological polar surface area (TPSA) is 95.4 Å². The highest BCUT2D eigenvalue weighted by Crippen LogP contribution is 2.53. The molecule has 2 amide bonds. The van der Waals surface area contributed by atoms with Crippen LogP contribution in [0.25, 0.3) is 0 Å². The van der Waals surface area contributed by atoms with Crippen molar-refractivity contribution in [3.63, 3.8) is 0 Å². The first kappa shape index (κ1) is 17.4. The average Bonchev–Trinajstić information content (AvgIpc) is 3.20. The van der Waals surface area contributed by atoms with Gasteiger partial charge in [0.1, 0.15) is 6.33 Å². The number of carbonyl (C=O) groups excluding carboxylic acids is 2. The highest BCUT2D eigenvalue weighted by atomic mass is 16.3. The normalized spacial score (nSPS) is 29.1. The van der Waals surface area contributed by atoms with Crippen molar-refractivity contribution >= 4 is 11.8 Å². The van der Waals surface area contributed by atoms with Crippen molar-refractivity contribution in [2.75, 3.05) is 13.1 Å². The van der Waals surface area contributed by atoms with Gasteiger partial charge in [0, 0.05) is 43.4 Å². The summed E-state index contributed by atoms with van der Waals surface area (Å²) in [5.74, 6) is 0.706. The van der Waals surface area contributed by atoms with E-state index in [4.69, 9.17) is 0 Å². The maximum absolute atomic E-state index is 12.8. The Labute approximate surface area is 153 Å². The summed E-state index contributed by atoms with van der Waals surface area (Å²) < 4.78 is 0. The van der Waals surface area contributed by atoms with Gasteiger partial charge in [0.25, 0.3) is 5.91 Å². The average molecular weight is 358 g/mol. The fourth-order valence-corrected chi connectivity index (χ4v) is 4.79. The van der Waals surface area contributed by atoms with Crippen LogP contribution in [0.5, 0.6) is 0 Å². The number of aromatic nitrogens is 2. The molecule has 0 bridgehead atoms. The number of amides is 2. The largest absolute Gasteiger partial charge is 0.393 e. The Hall–Kier alpha value is -2.02. The van der Waals surface area contributed by atoms with E-state index in [0.29, 0.717) is 30.4 Å². The Balaban J connectivity index is 1.32. The minimum atomic E-state index is -0.230. The van der Waals surface area contributed by atoms with E-state index in [0.717, 1.165) is 45.1 Å². The lowest BCUT2D eigenvalue weighted by Crippen LogP contribution is -2.43. The summed E-state index contributed by atoms with van der Waals surface area (Å²) in [4.78, 5) is 34.8. The Bertz CT molecular complexity index is 677. The molecule has 1 saturated heterocycles. The zero-order chi connectivity index (χ0) is 18.1. The number of nitrogens with one attached hydrogen (secondary N) is 1. The van der Waals surface area contributed by atoms with E-state index >= 15 is 0 Å². The zero-order valence-electron chi connectivity index (χ0n) is 14.9. The second kappa shape index (κ2) is 6.95. The van der Waals surface area contributed by atoms with Crippen LogP contribution in [0.4, 0.5) is 0 Å². The van der Waals surface area contributed by atoms with Crippen molar-refractivity contribution in [2.45, 2.75) is 56.6 Å². The molecule has 2 saturated carbocycles. The monoisotopic (exact) mass is 358 g/mol. The number of aliphatic hydroxyl groups excluding tert-OH is 1. The second-order valence-corrected chi connectivity index (χ2v) is 8.01. The number of aliphatic hydroxyl groups is 1. The van der Waals surface area contributed by atoms with Gasteiger partial charge >= 0.3 is 0 Å². The molecule has 1 aromatic rings. The molecule has 3 aliphatic rings. The lowest BCUT2D eigenvalue weighted by molar-refractivity contribution is -0.134. The third-order valence-corrected chi connectivity index (χ3v) is 6.37. The van der Waals surface area contributed by atoms with Crippen LogP contribution in [0.15, 0.2) is 18.7 Å². The van der Waals surface area contributed by atoms with E-state index in [2.05, 4.69) is 20.2 Å².